The molecule has 0 rings (SSSR count). The SMILES string of the molecule is CCCC(C)(C#N)SC(=S)SCC. The Labute approximate surface area is 94.7 Å². The van der Waals surface area contributed by atoms with E-state index >= 15 is 0 Å². The van der Waals surface area contributed by atoms with Gasteiger partial charge >= 0.3 is 0 Å². The molecule has 1 atom stereocenters. The zero-order chi connectivity index (χ0) is 10.3. The number of hydrogen-bond acceptors (Lipinski definition) is 4. The van der Waals surface area contributed by atoms with Gasteiger partial charge in [-0.25, -0.2) is 0 Å². The van der Waals surface area contributed by atoms with Crippen LogP contribution in [0.3, 0.4) is 0 Å². The molecule has 74 valence electrons. The average molecular weight is 233 g/mol. The van der Waals surface area contributed by atoms with E-state index in [0.29, 0.717) is 0 Å². The molecule has 0 amide bonds. The van der Waals surface area contributed by atoms with Gasteiger partial charge in [0.15, 0.2) is 0 Å². The van der Waals surface area contributed by atoms with Crippen molar-refractivity contribution in [1.29, 1.82) is 5.26 Å². The Balaban J connectivity index is 4.12. The first-order valence-electron chi connectivity index (χ1n) is 4.35. The molecule has 0 aliphatic rings. The third kappa shape index (κ3) is 5.56. The molecule has 0 aliphatic heterocycles. The molecule has 1 nitrogen and oxygen atoms in total. The van der Waals surface area contributed by atoms with Crippen LogP contribution in [0.5, 0.6) is 0 Å². The lowest BCUT2D eigenvalue weighted by Gasteiger charge is -2.19. The summed E-state index contributed by atoms with van der Waals surface area (Å²) < 4.78 is 0.563. The van der Waals surface area contributed by atoms with Crippen molar-refractivity contribution in [2.75, 3.05) is 5.75 Å². The molecule has 0 radical (unpaired) electrons. The summed E-state index contributed by atoms with van der Waals surface area (Å²) in [5, 5.41) is 8.99. The summed E-state index contributed by atoms with van der Waals surface area (Å²) in [5.74, 6) is 0.986. The minimum Gasteiger partial charge on any atom is -0.197 e. The molecule has 0 saturated heterocycles. The van der Waals surface area contributed by atoms with Crippen molar-refractivity contribution in [1.82, 2.24) is 0 Å². The first kappa shape index (κ1) is 13.3. The minimum atomic E-state index is -0.325. The molecule has 0 aromatic rings. The zero-order valence-electron chi connectivity index (χ0n) is 8.29. The maximum Gasteiger partial charge on any atom is 0.105 e. The van der Waals surface area contributed by atoms with Crippen molar-refractivity contribution in [3.05, 3.63) is 0 Å². The van der Waals surface area contributed by atoms with E-state index in [0.717, 1.165) is 22.1 Å². The molecule has 0 N–H and O–H groups in total. The molecule has 0 saturated carbocycles. The molecule has 0 bridgehead atoms. The van der Waals surface area contributed by atoms with Crippen LogP contribution in [0.4, 0.5) is 0 Å². The van der Waals surface area contributed by atoms with Gasteiger partial charge in [-0.1, -0.05) is 44.2 Å². The van der Waals surface area contributed by atoms with Crippen molar-refractivity contribution < 1.29 is 0 Å². The Hall–Kier alpha value is 0.280. The molecule has 0 heterocycles. The number of hydrogen-bond donors (Lipinski definition) is 0. The Morgan fingerprint density at radius 3 is 2.54 bits per heavy atom. The molecular formula is C9H15NS3. The lowest BCUT2D eigenvalue weighted by molar-refractivity contribution is 0.695. The second-order valence-electron chi connectivity index (χ2n) is 2.88. The van der Waals surface area contributed by atoms with E-state index in [1.807, 2.05) is 6.92 Å². The third-order valence-electron chi connectivity index (χ3n) is 1.53. The van der Waals surface area contributed by atoms with Crippen molar-refractivity contribution in [2.45, 2.75) is 38.4 Å². The van der Waals surface area contributed by atoms with Gasteiger partial charge < -0.3 is 0 Å². The summed E-state index contributed by atoms with van der Waals surface area (Å²) in [5.41, 5.74) is 0. The van der Waals surface area contributed by atoms with Crippen LogP contribution in [0.15, 0.2) is 0 Å². The van der Waals surface area contributed by atoms with Gasteiger partial charge in [0.2, 0.25) is 0 Å². The fraction of sp³-hybridized carbons (Fsp3) is 0.778. The van der Waals surface area contributed by atoms with Gasteiger partial charge in [0, 0.05) is 0 Å². The number of thiocarbonyl (C=S) groups is 1. The molecule has 1 unspecified atom stereocenters. The second-order valence-corrected chi connectivity index (χ2v) is 6.85. The monoisotopic (exact) mass is 233 g/mol. The average Bonchev–Trinajstić information content (AvgIpc) is 2.05. The number of nitriles is 1. The zero-order valence-corrected chi connectivity index (χ0v) is 10.7. The van der Waals surface area contributed by atoms with Crippen molar-refractivity contribution >= 4 is 39.3 Å². The molecule has 0 spiro atoms. The largest absolute Gasteiger partial charge is 0.197 e. The summed E-state index contributed by atoms with van der Waals surface area (Å²) in [4.78, 5) is 0. The number of rotatable bonds is 4. The van der Waals surface area contributed by atoms with Crippen LogP contribution in [-0.2, 0) is 0 Å². The predicted octanol–water partition coefficient (Wildman–Crippen LogP) is 3.84. The summed E-state index contributed by atoms with van der Waals surface area (Å²) in [6, 6.07) is 2.33. The van der Waals surface area contributed by atoms with Gasteiger partial charge in [0.1, 0.15) is 8.28 Å². The normalized spacial score (nSPS) is 14.6. The predicted molar refractivity (Wildman–Crippen MR) is 67.2 cm³/mol. The fourth-order valence-corrected chi connectivity index (χ4v) is 3.94. The van der Waals surface area contributed by atoms with E-state index in [-0.39, 0.29) is 4.75 Å². The molecular weight excluding hydrogens is 218 g/mol. The summed E-state index contributed by atoms with van der Waals surface area (Å²) in [7, 11) is 0. The number of nitrogens with zero attached hydrogens (tertiary/aromatic N) is 1. The van der Waals surface area contributed by atoms with E-state index < -0.39 is 0 Å². The summed E-state index contributed by atoms with van der Waals surface area (Å²) in [6.45, 7) is 6.12. The van der Waals surface area contributed by atoms with Gasteiger partial charge in [0.25, 0.3) is 0 Å². The molecule has 0 fully saturated rings. The third-order valence-corrected chi connectivity index (χ3v) is 4.18. The van der Waals surface area contributed by atoms with Gasteiger partial charge in [-0.3, -0.25) is 0 Å². The fourth-order valence-electron chi connectivity index (χ4n) is 0.938. The number of thioether (sulfide) groups is 2. The lowest BCUT2D eigenvalue weighted by Crippen LogP contribution is -2.18. The topological polar surface area (TPSA) is 23.8 Å². The van der Waals surface area contributed by atoms with E-state index in [4.69, 9.17) is 17.5 Å². The van der Waals surface area contributed by atoms with Crippen LogP contribution in [0.2, 0.25) is 0 Å². The van der Waals surface area contributed by atoms with Crippen molar-refractivity contribution in [3.63, 3.8) is 0 Å². The second kappa shape index (κ2) is 6.69. The van der Waals surface area contributed by atoms with Crippen LogP contribution in [0.25, 0.3) is 0 Å². The Bertz CT molecular complexity index is 209. The standard InChI is InChI=1S/C9H15NS3/c1-4-6-9(3,7-10)13-8(11)12-5-2/h4-6H2,1-3H3. The molecule has 0 aromatic heterocycles. The molecule has 4 heteroatoms. The Morgan fingerprint density at radius 1 is 1.54 bits per heavy atom. The molecule has 13 heavy (non-hydrogen) atoms. The van der Waals surface area contributed by atoms with E-state index in [9.17, 15) is 0 Å². The van der Waals surface area contributed by atoms with Crippen LogP contribution < -0.4 is 0 Å². The minimum absolute atomic E-state index is 0.325. The smallest absolute Gasteiger partial charge is 0.105 e. The van der Waals surface area contributed by atoms with E-state index in [2.05, 4.69) is 19.9 Å². The van der Waals surface area contributed by atoms with Crippen LogP contribution in [-0.4, -0.2) is 14.0 Å². The van der Waals surface area contributed by atoms with Crippen molar-refractivity contribution in [3.8, 4) is 6.07 Å². The van der Waals surface area contributed by atoms with Gasteiger partial charge in [-0.15, -0.1) is 11.8 Å². The maximum absolute atomic E-state index is 8.99. The van der Waals surface area contributed by atoms with E-state index in [1.54, 1.807) is 11.8 Å². The highest BCUT2D eigenvalue weighted by Gasteiger charge is 2.25. The van der Waals surface area contributed by atoms with E-state index in [1.165, 1.54) is 11.8 Å². The Morgan fingerprint density at radius 2 is 2.15 bits per heavy atom. The van der Waals surface area contributed by atoms with Gasteiger partial charge in [-0.05, 0) is 19.1 Å². The van der Waals surface area contributed by atoms with Crippen LogP contribution >= 0.6 is 35.7 Å². The lowest BCUT2D eigenvalue weighted by atomic mass is 10.1. The highest BCUT2D eigenvalue weighted by atomic mass is 32.2. The van der Waals surface area contributed by atoms with Crippen LogP contribution in [0, 0.1) is 11.3 Å². The Kier molecular flexibility index (Phi) is 6.84. The maximum atomic E-state index is 8.99. The summed E-state index contributed by atoms with van der Waals surface area (Å²) in [6.07, 6.45) is 1.93. The quantitative estimate of drug-likeness (QED) is 0.688. The molecule has 0 aromatic carbocycles. The van der Waals surface area contributed by atoms with Gasteiger partial charge in [-0.2, -0.15) is 5.26 Å². The first-order chi connectivity index (χ1) is 6.08. The summed E-state index contributed by atoms with van der Waals surface area (Å²) >= 11 is 8.33. The highest BCUT2D eigenvalue weighted by Crippen LogP contribution is 2.34. The van der Waals surface area contributed by atoms with Crippen LogP contribution in [0.1, 0.15) is 33.6 Å². The first-order valence-corrected chi connectivity index (χ1v) is 6.56. The van der Waals surface area contributed by atoms with Gasteiger partial charge in [0.05, 0.1) is 6.07 Å². The molecule has 0 aliphatic carbocycles. The highest BCUT2D eigenvalue weighted by molar-refractivity contribution is 8.47. The van der Waals surface area contributed by atoms with Crippen molar-refractivity contribution in [2.24, 2.45) is 0 Å².